The minimum Gasteiger partial charge on any atom is -0.486 e. The highest BCUT2D eigenvalue weighted by atomic mass is 79.9. The van der Waals surface area contributed by atoms with Gasteiger partial charge in [-0.3, -0.25) is 4.79 Å². The van der Waals surface area contributed by atoms with E-state index in [1.165, 1.54) is 18.3 Å². The van der Waals surface area contributed by atoms with Crippen molar-refractivity contribution >= 4 is 21.7 Å². The van der Waals surface area contributed by atoms with E-state index in [9.17, 15) is 18.8 Å². The lowest BCUT2D eigenvalue weighted by molar-refractivity contribution is 0.0815. The van der Waals surface area contributed by atoms with Gasteiger partial charge in [-0.25, -0.2) is 8.78 Å². The van der Waals surface area contributed by atoms with Gasteiger partial charge in [-0.2, -0.15) is 5.26 Å². The summed E-state index contributed by atoms with van der Waals surface area (Å²) in [6, 6.07) is 6.57. The number of nitrogens with one attached hydrogen (secondary N) is 1. The van der Waals surface area contributed by atoms with Crippen molar-refractivity contribution in [2.24, 2.45) is 0 Å². The number of aromatic amines is 1. The molecule has 0 aliphatic carbocycles. The molecule has 8 heteroatoms. The number of Topliss-reactive ketones (excluding diaryl/α,β-unsaturated/α-hetero) is 1. The van der Waals surface area contributed by atoms with Crippen molar-refractivity contribution < 1.29 is 18.3 Å². The Kier molecular flexibility index (Phi) is 8.26. The lowest BCUT2D eigenvalue weighted by atomic mass is 10.1. The first kappa shape index (κ1) is 21.6. The topological polar surface area (TPSA) is 69.1 Å². The molecule has 0 saturated carbocycles. The van der Waals surface area contributed by atoms with Gasteiger partial charge in [0.05, 0.1) is 10.2 Å². The summed E-state index contributed by atoms with van der Waals surface area (Å²) >= 11 is 3.29. The highest BCUT2D eigenvalue weighted by Crippen LogP contribution is 2.25. The number of carbonyl (C=O) groups is 1. The van der Waals surface area contributed by atoms with Crippen LogP contribution in [0, 0.1) is 25.2 Å². The maximum atomic E-state index is 12.7. The monoisotopic (exact) mass is 427 g/mol. The molecule has 0 fully saturated rings. The molecule has 0 bridgehead atoms. The molecule has 1 rings (SSSR count). The number of aromatic nitrogens is 1. The number of nitrogens with zero attached hydrogens (tertiary/aromatic N) is 2. The molecule has 5 nitrogen and oxygen atoms in total. The Hall–Kier alpha value is -2.40. The second-order valence-corrected chi connectivity index (χ2v) is 6.61. The van der Waals surface area contributed by atoms with Gasteiger partial charge >= 0.3 is 0 Å². The van der Waals surface area contributed by atoms with Gasteiger partial charge in [0.15, 0.2) is 0 Å². The molecule has 0 spiro atoms. The second kappa shape index (κ2) is 9.92. The minimum atomic E-state index is -2.60. The number of carbonyl (C=O) groups excluding carboxylic acids is 1. The number of rotatable bonds is 6. The molecule has 0 amide bonds. The maximum absolute atomic E-state index is 12.7. The van der Waals surface area contributed by atoms with Crippen LogP contribution < -0.4 is 4.74 Å². The standard InChI is InChI=1S/C18H20BrF2N3O2/c1-11-5-15(18(25)13(8-22)9-24(3)4)23-12(2)7-14(19)16(6-11)26-10-17(20)21/h5-7,9,17,23H,10H2,1-4H3/b11-6?,12-7?,13-9+,15-5?,16-14?. The Morgan fingerprint density at radius 3 is 2.58 bits per heavy atom. The van der Waals surface area contributed by atoms with E-state index in [1.807, 2.05) is 6.07 Å². The summed E-state index contributed by atoms with van der Waals surface area (Å²) in [5.74, 6) is -0.256. The third-order valence-electron chi connectivity index (χ3n) is 3.00. The van der Waals surface area contributed by atoms with E-state index in [4.69, 9.17) is 4.74 Å². The molecule has 0 saturated heterocycles. The molecule has 0 aliphatic heterocycles. The van der Waals surface area contributed by atoms with Crippen molar-refractivity contribution in [3.8, 4) is 11.8 Å². The largest absolute Gasteiger partial charge is 0.486 e. The lowest BCUT2D eigenvalue weighted by Crippen LogP contribution is -2.10. The predicted octanol–water partition coefficient (Wildman–Crippen LogP) is 4.31. The minimum absolute atomic E-state index is 0.0326. The summed E-state index contributed by atoms with van der Waals surface area (Å²) in [5.41, 5.74) is 1.32. The average Bonchev–Trinajstić information content (AvgIpc) is 2.58. The fourth-order valence-electron chi connectivity index (χ4n) is 2.02. The third kappa shape index (κ3) is 6.84. The van der Waals surface area contributed by atoms with Crippen molar-refractivity contribution in [1.29, 1.82) is 5.26 Å². The molecule has 0 radical (unpaired) electrons. The van der Waals surface area contributed by atoms with Gasteiger partial charge in [0.2, 0.25) is 5.78 Å². The van der Waals surface area contributed by atoms with Crippen LogP contribution in [0.5, 0.6) is 5.75 Å². The number of hydrogen-bond donors (Lipinski definition) is 1. The summed E-state index contributed by atoms with van der Waals surface area (Å²) in [4.78, 5) is 17.2. The Morgan fingerprint density at radius 1 is 1.38 bits per heavy atom. The quantitative estimate of drug-likeness (QED) is 0.417. The Balaban J connectivity index is 3.52. The van der Waals surface area contributed by atoms with Crippen molar-refractivity contribution in [2.45, 2.75) is 20.3 Å². The Bertz CT molecular complexity index is 794. The molecule has 140 valence electrons. The van der Waals surface area contributed by atoms with E-state index in [0.717, 1.165) is 0 Å². The lowest BCUT2D eigenvalue weighted by Gasteiger charge is -2.06. The second-order valence-electron chi connectivity index (χ2n) is 5.76. The Morgan fingerprint density at radius 2 is 2.04 bits per heavy atom. The molecule has 1 aromatic heterocycles. The van der Waals surface area contributed by atoms with Crippen LogP contribution in [0.1, 0.15) is 21.7 Å². The van der Waals surface area contributed by atoms with Crippen molar-refractivity contribution in [1.82, 2.24) is 9.88 Å². The summed E-state index contributed by atoms with van der Waals surface area (Å²) in [6.07, 6.45) is -1.17. The van der Waals surface area contributed by atoms with Gasteiger partial charge in [0.25, 0.3) is 6.43 Å². The number of H-pyrrole nitrogens is 1. The number of halogens is 3. The first-order valence-electron chi connectivity index (χ1n) is 7.63. The number of hydrogen-bond acceptors (Lipinski definition) is 4. The zero-order valence-electron chi connectivity index (χ0n) is 14.9. The third-order valence-corrected chi connectivity index (χ3v) is 3.62. The van der Waals surface area contributed by atoms with E-state index < -0.39 is 18.8 Å². The maximum Gasteiger partial charge on any atom is 0.272 e. The van der Waals surface area contributed by atoms with Gasteiger partial charge in [0, 0.05) is 26.0 Å². The molecule has 1 heterocycles. The number of alkyl halides is 2. The smallest absolute Gasteiger partial charge is 0.272 e. The van der Waals surface area contributed by atoms with Crippen LogP contribution in [0.2, 0.25) is 0 Å². The highest BCUT2D eigenvalue weighted by Gasteiger charge is 2.14. The van der Waals surface area contributed by atoms with Crippen LogP contribution in [0.3, 0.4) is 0 Å². The van der Waals surface area contributed by atoms with Gasteiger partial charge in [-0.15, -0.1) is 0 Å². The molecule has 1 N–H and O–H groups in total. The molecule has 1 aromatic rings. The van der Waals surface area contributed by atoms with Crippen LogP contribution >= 0.6 is 15.9 Å². The van der Waals surface area contributed by atoms with Gasteiger partial charge in [0.1, 0.15) is 24.0 Å². The molecule has 0 atom stereocenters. The summed E-state index contributed by atoms with van der Waals surface area (Å²) in [5, 5.41) is 9.24. The van der Waals surface area contributed by atoms with Crippen LogP contribution in [0.4, 0.5) is 8.78 Å². The van der Waals surface area contributed by atoms with E-state index in [0.29, 0.717) is 15.7 Å². The average molecular weight is 428 g/mol. The number of nitriles is 1. The van der Waals surface area contributed by atoms with Gasteiger partial charge < -0.3 is 14.6 Å². The van der Waals surface area contributed by atoms with E-state index in [-0.39, 0.29) is 17.0 Å². The first-order chi connectivity index (χ1) is 12.1. The fourth-order valence-corrected chi connectivity index (χ4v) is 2.59. The van der Waals surface area contributed by atoms with Crippen molar-refractivity contribution in [3.05, 3.63) is 51.4 Å². The van der Waals surface area contributed by atoms with E-state index in [1.54, 1.807) is 38.9 Å². The number of ether oxygens (including phenoxy) is 1. The molecule has 0 aliphatic rings. The molecule has 0 aromatic carbocycles. The van der Waals surface area contributed by atoms with Crippen LogP contribution in [0.25, 0.3) is 0 Å². The fraction of sp³-hybridized carbons (Fsp3) is 0.333. The van der Waals surface area contributed by atoms with E-state index in [2.05, 4.69) is 20.9 Å². The molecule has 26 heavy (non-hydrogen) atoms. The number of aryl methyl sites for hydroxylation is 2. The zero-order valence-corrected chi connectivity index (χ0v) is 16.5. The van der Waals surface area contributed by atoms with Gasteiger partial charge in [-0.1, -0.05) is 0 Å². The zero-order chi connectivity index (χ0) is 19.9. The number of ketones is 1. The van der Waals surface area contributed by atoms with Crippen LogP contribution in [-0.2, 0) is 0 Å². The summed E-state index contributed by atoms with van der Waals surface area (Å²) in [7, 11) is 3.42. The number of allylic oxidation sites excluding steroid dienone is 1. The predicted molar refractivity (Wildman–Crippen MR) is 98.8 cm³/mol. The van der Waals surface area contributed by atoms with Crippen molar-refractivity contribution in [2.75, 3.05) is 20.7 Å². The van der Waals surface area contributed by atoms with E-state index >= 15 is 0 Å². The Labute approximate surface area is 159 Å². The highest BCUT2D eigenvalue weighted by molar-refractivity contribution is 9.10. The van der Waals surface area contributed by atoms with Crippen LogP contribution in [0.15, 0.2) is 34.4 Å². The first-order valence-corrected chi connectivity index (χ1v) is 8.42. The normalized spacial score (nSPS) is 11.0. The molecular weight excluding hydrogens is 408 g/mol. The molecular formula is C18H20BrF2N3O2. The SMILES string of the molecule is Cc1cc(C(=O)/C(C#N)=C/N(C)C)[nH]c(C)cc(Br)c(OCC(F)F)c1. The van der Waals surface area contributed by atoms with Crippen LogP contribution in [-0.4, -0.2) is 42.8 Å². The summed E-state index contributed by atoms with van der Waals surface area (Å²) in [6.45, 7) is 2.66. The molecule has 0 unspecified atom stereocenters. The van der Waals surface area contributed by atoms with Crippen molar-refractivity contribution in [3.63, 3.8) is 0 Å². The van der Waals surface area contributed by atoms with Gasteiger partial charge in [-0.05, 0) is 53.5 Å². The summed E-state index contributed by atoms with van der Waals surface area (Å²) < 4.78 is 30.5.